The highest BCUT2D eigenvalue weighted by molar-refractivity contribution is 7.13. The maximum Gasteiger partial charge on any atom is 0.270 e. The SMILES string of the molecule is O=C(NCCc1ccccn1)c1csc(N2CCCCC2)n1. The van der Waals surface area contributed by atoms with Crippen molar-refractivity contribution >= 4 is 22.4 Å². The van der Waals surface area contributed by atoms with Crippen molar-refractivity contribution in [2.75, 3.05) is 24.5 Å². The van der Waals surface area contributed by atoms with Crippen molar-refractivity contribution in [1.82, 2.24) is 15.3 Å². The fourth-order valence-corrected chi connectivity index (χ4v) is 3.40. The van der Waals surface area contributed by atoms with Crippen LogP contribution in [0.2, 0.25) is 0 Å². The Labute approximate surface area is 134 Å². The lowest BCUT2D eigenvalue weighted by molar-refractivity contribution is 0.0950. The van der Waals surface area contributed by atoms with Gasteiger partial charge in [-0.1, -0.05) is 6.07 Å². The molecule has 3 heterocycles. The van der Waals surface area contributed by atoms with Gasteiger partial charge in [-0.2, -0.15) is 0 Å². The van der Waals surface area contributed by atoms with Gasteiger partial charge in [-0.15, -0.1) is 11.3 Å². The highest BCUT2D eigenvalue weighted by Gasteiger charge is 2.16. The van der Waals surface area contributed by atoms with Crippen molar-refractivity contribution in [1.29, 1.82) is 0 Å². The second-order valence-corrected chi connectivity index (χ2v) is 6.23. The zero-order valence-electron chi connectivity index (χ0n) is 12.5. The van der Waals surface area contributed by atoms with Crippen molar-refractivity contribution in [3.05, 3.63) is 41.2 Å². The highest BCUT2D eigenvalue weighted by atomic mass is 32.1. The summed E-state index contributed by atoms with van der Waals surface area (Å²) in [5.41, 5.74) is 1.50. The number of anilines is 1. The molecule has 116 valence electrons. The zero-order valence-corrected chi connectivity index (χ0v) is 13.3. The Morgan fingerprint density at radius 1 is 1.27 bits per heavy atom. The molecule has 1 fully saturated rings. The van der Waals surface area contributed by atoms with Crippen LogP contribution in [0.4, 0.5) is 5.13 Å². The van der Waals surface area contributed by atoms with Crippen LogP contribution in [-0.2, 0) is 6.42 Å². The number of piperidine rings is 1. The maximum absolute atomic E-state index is 12.1. The lowest BCUT2D eigenvalue weighted by Crippen LogP contribution is -2.30. The Morgan fingerprint density at radius 2 is 2.14 bits per heavy atom. The second kappa shape index (κ2) is 7.35. The summed E-state index contributed by atoms with van der Waals surface area (Å²) < 4.78 is 0. The van der Waals surface area contributed by atoms with Crippen molar-refractivity contribution in [2.24, 2.45) is 0 Å². The molecule has 0 atom stereocenters. The Kier molecular flexibility index (Phi) is 5.00. The van der Waals surface area contributed by atoms with Crippen molar-refractivity contribution in [3.8, 4) is 0 Å². The highest BCUT2D eigenvalue weighted by Crippen LogP contribution is 2.23. The molecule has 0 saturated carbocycles. The van der Waals surface area contributed by atoms with Crippen molar-refractivity contribution in [3.63, 3.8) is 0 Å². The zero-order chi connectivity index (χ0) is 15.2. The van der Waals surface area contributed by atoms with Gasteiger partial charge in [-0.25, -0.2) is 4.98 Å². The third-order valence-electron chi connectivity index (χ3n) is 3.74. The van der Waals surface area contributed by atoms with E-state index in [1.807, 2.05) is 23.6 Å². The summed E-state index contributed by atoms with van der Waals surface area (Å²) in [5, 5.41) is 5.72. The summed E-state index contributed by atoms with van der Waals surface area (Å²) in [6.07, 6.45) is 6.22. The average Bonchev–Trinajstić information content (AvgIpc) is 3.07. The molecule has 1 saturated heterocycles. The first-order chi connectivity index (χ1) is 10.8. The number of nitrogens with zero attached hydrogens (tertiary/aromatic N) is 3. The molecule has 1 aliphatic heterocycles. The number of thiazole rings is 1. The Bertz CT molecular complexity index is 608. The number of carbonyl (C=O) groups excluding carboxylic acids is 1. The first-order valence-corrected chi connectivity index (χ1v) is 8.59. The molecule has 1 N–H and O–H groups in total. The molecule has 1 amide bonds. The third-order valence-corrected chi connectivity index (χ3v) is 4.65. The number of rotatable bonds is 5. The fourth-order valence-electron chi connectivity index (χ4n) is 2.54. The van der Waals surface area contributed by atoms with Crippen LogP contribution in [0.25, 0.3) is 0 Å². The summed E-state index contributed by atoms with van der Waals surface area (Å²) in [4.78, 5) is 23.1. The molecule has 22 heavy (non-hydrogen) atoms. The number of carbonyl (C=O) groups is 1. The topological polar surface area (TPSA) is 58.1 Å². The van der Waals surface area contributed by atoms with Crippen molar-refractivity contribution < 1.29 is 4.79 Å². The van der Waals surface area contributed by atoms with Gasteiger partial charge in [0.15, 0.2) is 5.13 Å². The minimum absolute atomic E-state index is 0.101. The van der Waals surface area contributed by atoms with Gasteiger partial charge in [0.25, 0.3) is 5.91 Å². The first kappa shape index (κ1) is 15.0. The largest absolute Gasteiger partial charge is 0.350 e. The molecule has 1 aliphatic rings. The molecule has 5 nitrogen and oxygen atoms in total. The monoisotopic (exact) mass is 316 g/mol. The van der Waals surface area contributed by atoms with Crippen LogP contribution < -0.4 is 10.2 Å². The summed E-state index contributed by atoms with van der Waals surface area (Å²) >= 11 is 1.56. The van der Waals surface area contributed by atoms with Gasteiger partial charge in [0.05, 0.1) is 0 Å². The smallest absolute Gasteiger partial charge is 0.270 e. The van der Waals surface area contributed by atoms with E-state index in [9.17, 15) is 4.79 Å². The van der Waals surface area contributed by atoms with Crippen LogP contribution in [-0.4, -0.2) is 35.5 Å². The summed E-state index contributed by atoms with van der Waals surface area (Å²) in [5.74, 6) is -0.101. The van der Waals surface area contributed by atoms with Crippen LogP contribution in [0.15, 0.2) is 29.8 Å². The first-order valence-electron chi connectivity index (χ1n) is 7.71. The molecule has 0 aliphatic carbocycles. The second-order valence-electron chi connectivity index (χ2n) is 5.39. The quantitative estimate of drug-likeness (QED) is 0.921. The van der Waals surface area contributed by atoms with E-state index in [-0.39, 0.29) is 5.91 Å². The average molecular weight is 316 g/mol. The van der Waals surface area contributed by atoms with Crippen LogP contribution in [0.1, 0.15) is 35.4 Å². The van der Waals surface area contributed by atoms with Crippen LogP contribution in [0.5, 0.6) is 0 Å². The van der Waals surface area contributed by atoms with Gasteiger partial charge in [0.2, 0.25) is 0 Å². The number of aromatic nitrogens is 2. The minimum Gasteiger partial charge on any atom is -0.350 e. The maximum atomic E-state index is 12.1. The number of hydrogen-bond acceptors (Lipinski definition) is 5. The molecular formula is C16H20N4OS. The number of amides is 1. The molecule has 0 bridgehead atoms. The van der Waals surface area contributed by atoms with Crippen LogP contribution in [0, 0.1) is 0 Å². The molecule has 2 aromatic rings. The van der Waals surface area contributed by atoms with Crippen LogP contribution in [0.3, 0.4) is 0 Å². The van der Waals surface area contributed by atoms with E-state index >= 15 is 0 Å². The van der Waals surface area contributed by atoms with E-state index < -0.39 is 0 Å². The summed E-state index contributed by atoms with van der Waals surface area (Å²) in [6, 6.07) is 5.80. The molecule has 6 heteroatoms. The number of nitrogens with one attached hydrogen (secondary N) is 1. The Hall–Kier alpha value is -1.95. The van der Waals surface area contributed by atoms with E-state index in [1.165, 1.54) is 19.3 Å². The predicted molar refractivity (Wildman–Crippen MR) is 88.5 cm³/mol. The molecule has 3 rings (SSSR count). The lowest BCUT2D eigenvalue weighted by Gasteiger charge is -2.25. The number of pyridine rings is 1. The van der Waals surface area contributed by atoms with Gasteiger partial charge in [-0.05, 0) is 31.4 Å². The molecule has 0 spiro atoms. The normalized spacial score (nSPS) is 14.8. The van der Waals surface area contributed by atoms with E-state index in [1.54, 1.807) is 17.5 Å². The number of hydrogen-bond donors (Lipinski definition) is 1. The molecule has 2 aromatic heterocycles. The Balaban J connectivity index is 1.51. The standard InChI is InChI=1S/C16H20N4OS/c21-15(18-9-7-13-6-2-3-8-17-13)14-12-22-16(19-14)20-10-4-1-5-11-20/h2-3,6,8,12H,1,4-5,7,9-11H2,(H,18,21). The van der Waals surface area contributed by atoms with E-state index in [2.05, 4.69) is 20.2 Å². The lowest BCUT2D eigenvalue weighted by atomic mass is 10.1. The molecule has 0 aromatic carbocycles. The molecule has 0 unspecified atom stereocenters. The Morgan fingerprint density at radius 3 is 2.91 bits per heavy atom. The fraction of sp³-hybridized carbons (Fsp3) is 0.438. The molecule has 0 radical (unpaired) electrons. The van der Waals surface area contributed by atoms with E-state index in [4.69, 9.17) is 0 Å². The van der Waals surface area contributed by atoms with Gasteiger partial charge in [-0.3, -0.25) is 9.78 Å². The summed E-state index contributed by atoms with van der Waals surface area (Å²) in [7, 11) is 0. The van der Waals surface area contributed by atoms with Crippen molar-refractivity contribution in [2.45, 2.75) is 25.7 Å². The predicted octanol–water partition coefficient (Wildman–Crippen LogP) is 2.50. The van der Waals surface area contributed by atoms with Gasteiger partial charge in [0.1, 0.15) is 5.69 Å². The molecular weight excluding hydrogens is 296 g/mol. The van der Waals surface area contributed by atoms with Crippen LogP contribution >= 0.6 is 11.3 Å². The van der Waals surface area contributed by atoms with Gasteiger partial charge >= 0.3 is 0 Å². The van der Waals surface area contributed by atoms with E-state index in [0.717, 1.165) is 30.3 Å². The van der Waals surface area contributed by atoms with Gasteiger partial charge < -0.3 is 10.2 Å². The minimum atomic E-state index is -0.101. The summed E-state index contributed by atoms with van der Waals surface area (Å²) in [6.45, 7) is 2.68. The van der Waals surface area contributed by atoms with Gasteiger partial charge in [0, 0.05) is 43.3 Å². The third kappa shape index (κ3) is 3.82. The van der Waals surface area contributed by atoms with E-state index in [0.29, 0.717) is 12.2 Å².